The Balaban J connectivity index is 1.58. The smallest absolute Gasteiger partial charge is 0.222 e. The van der Waals surface area contributed by atoms with Crippen LogP contribution in [0.1, 0.15) is 79.6 Å². The predicted molar refractivity (Wildman–Crippen MR) is 142 cm³/mol. The maximum atomic E-state index is 12.8. The number of fused-ring (bicyclic) bond motifs is 1. The molecule has 5 nitrogen and oxygen atoms in total. The summed E-state index contributed by atoms with van der Waals surface area (Å²) in [6, 6.07) is 4.22. The number of halogens is 2. The van der Waals surface area contributed by atoms with Gasteiger partial charge in [0.15, 0.2) is 0 Å². The number of carbonyl (C=O) groups is 1. The molecule has 2 saturated heterocycles. The molecule has 3 aliphatic heterocycles. The Morgan fingerprint density at radius 1 is 1.06 bits per heavy atom. The summed E-state index contributed by atoms with van der Waals surface area (Å²) < 4.78 is 0. The zero-order chi connectivity index (χ0) is 24.5. The van der Waals surface area contributed by atoms with Gasteiger partial charge in [-0.15, -0.1) is 0 Å². The van der Waals surface area contributed by atoms with E-state index in [4.69, 9.17) is 28.2 Å². The van der Waals surface area contributed by atoms with E-state index in [1.54, 1.807) is 0 Å². The Bertz CT molecular complexity index is 1030. The second-order valence-corrected chi connectivity index (χ2v) is 13.7. The van der Waals surface area contributed by atoms with Crippen LogP contribution in [0.15, 0.2) is 17.1 Å². The van der Waals surface area contributed by atoms with Crippen molar-refractivity contribution in [3.8, 4) is 0 Å². The van der Waals surface area contributed by atoms with E-state index in [2.05, 4.69) is 50.2 Å². The molecule has 7 heteroatoms. The van der Waals surface area contributed by atoms with Crippen molar-refractivity contribution in [2.24, 2.45) is 22.2 Å². The Morgan fingerprint density at radius 3 is 2.38 bits per heavy atom. The van der Waals surface area contributed by atoms with E-state index < -0.39 is 0 Å². The maximum absolute atomic E-state index is 12.8. The topological polar surface area (TPSA) is 56.7 Å². The molecule has 5 rings (SSSR count). The van der Waals surface area contributed by atoms with Gasteiger partial charge in [-0.25, -0.2) is 0 Å². The van der Waals surface area contributed by atoms with E-state index in [0.717, 1.165) is 62.3 Å². The highest BCUT2D eigenvalue weighted by Crippen LogP contribution is 2.51. The lowest BCUT2D eigenvalue weighted by Gasteiger charge is -2.51. The molecule has 4 atom stereocenters. The predicted octanol–water partition coefficient (Wildman–Crippen LogP) is 6.99. The average Bonchev–Trinajstić information content (AvgIpc) is 3.05. The lowest BCUT2D eigenvalue weighted by Crippen LogP contribution is -2.61. The van der Waals surface area contributed by atoms with E-state index in [1.807, 2.05) is 12.1 Å². The number of rotatable bonds is 2. The Hall–Kier alpha value is -1.46. The maximum Gasteiger partial charge on any atom is 0.222 e. The molecule has 186 valence electrons. The number of carbonyl (C=O) groups excluding carboxylic acids is 1. The number of hydrogen-bond acceptors (Lipinski definition) is 3. The number of amides is 1. The van der Waals surface area contributed by atoms with Crippen molar-refractivity contribution in [2.45, 2.75) is 96.7 Å². The quantitative estimate of drug-likeness (QED) is 0.455. The molecule has 3 fully saturated rings. The second kappa shape index (κ2) is 8.30. The lowest BCUT2D eigenvalue weighted by atomic mass is 9.65. The minimum absolute atomic E-state index is 0.169. The van der Waals surface area contributed by atoms with Gasteiger partial charge in [-0.3, -0.25) is 9.79 Å². The van der Waals surface area contributed by atoms with Gasteiger partial charge in [-0.1, -0.05) is 44.0 Å². The molecule has 34 heavy (non-hydrogen) atoms. The van der Waals surface area contributed by atoms with Crippen molar-refractivity contribution in [3.63, 3.8) is 0 Å². The minimum Gasteiger partial charge on any atom is -0.371 e. The van der Waals surface area contributed by atoms with Gasteiger partial charge >= 0.3 is 0 Å². The summed E-state index contributed by atoms with van der Waals surface area (Å²) in [6.45, 7) is 12.2. The normalized spacial score (nSPS) is 32.2. The van der Waals surface area contributed by atoms with Gasteiger partial charge in [0.05, 0.1) is 32.5 Å². The summed E-state index contributed by atoms with van der Waals surface area (Å²) in [4.78, 5) is 20.4. The number of aliphatic imine (C=N–C) groups is 1. The van der Waals surface area contributed by atoms with Crippen LogP contribution >= 0.6 is 23.2 Å². The molecule has 1 aromatic carbocycles. The van der Waals surface area contributed by atoms with Crippen LogP contribution in [0.25, 0.3) is 0 Å². The molecule has 2 N–H and O–H groups in total. The Morgan fingerprint density at radius 2 is 1.71 bits per heavy atom. The highest BCUT2D eigenvalue weighted by atomic mass is 35.5. The van der Waals surface area contributed by atoms with Crippen LogP contribution in [0.3, 0.4) is 0 Å². The number of benzene rings is 1. The van der Waals surface area contributed by atoms with Crippen molar-refractivity contribution in [2.75, 3.05) is 17.2 Å². The summed E-state index contributed by atoms with van der Waals surface area (Å²) >= 11 is 12.8. The van der Waals surface area contributed by atoms with Gasteiger partial charge < -0.3 is 15.5 Å². The first-order valence-electron chi connectivity index (χ1n) is 12.8. The van der Waals surface area contributed by atoms with Crippen molar-refractivity contribution >= 4 is 46.3 Å². The van der Waals surface area contributed by atoms with Crippen LogP contribution in [0.5, 0.6) is 0 Å². The van der Waals surface area contributed by atoms with Gasteiger partial charge in [-0.05, 0) is 81.8 Å². The number of amidine groups is 1. The van der Waals surface area contributed by atoms with Gasteiger partial charge in [0.1, 0.15) is 5.84 Å². The summed E-state index contributed by atoms with van der Waals surface area (Å²) in [5, 5.41) is 8.73. The van der Waals surface area contributed by atoms with Crippen molar-refractivity contribution in [3.05, 3.63) is 22.2 Å². The number of nitrogens with one attached hydrogen (secondary N) is 2. The molecular formula is C27H38Cl2N4O. The van der Waals surface area contributed by atoms with E-state index in [1.165, 1.54) is 0 Å². The summed E-state index contributed by atoms with van der Waals surface area (Å²) in [5.74, 6) is 2.32. The third-order valence-corrected chi connectivity index (χ3v) is 8.81. The fraction of sp³-hybridized carbons (Fsp3) is 0.704. The molecule has 4 aliphatic rings. The first-order valence-corrected chi connectivity index (χ1v) is 13.6. The standard InChI is InChI=1S/C27H38Cl2N4O/c1-25(2,3)15-26(4,5)32-24-27(31-21-12-19(29)18(28)11-20(21)30-24)13-16-7-6-8-22(34)33-10-9-17(14-27)23(16)33/h11-12,16-17,23,31H,6-10,13-15H2,1-5H3,(H,30,32)/t16-,17+,23-,27+/m1/s1. The van der Waals surface area contributed by atoms with Gasteiger partial charge in [-0.2, -0.15) is 0 Å². The first-order chi connectivity index (χ1) is 15.9. The molecule has 1 aromatic rings. The SMILES string of the molecule is CC(C)(C)CC(C)(C)N=C1Nc2cc(Cl)c(Cl)cc2N[C@]12C[C@H]1CCCC(=O)N3CC[C@@H](C2)[C@@H]13. The van der Waals surface area contributed by atoms with Crippen LogP contribution in [-0.2, 0) is 4.79 Å². The number of nitrogens with zero attached hydrogens (tertiary/aromatic N) is 2. The van der Waals surface area contributed by atoms with Crippen molar-refractivity contribution in [1.29, 1.82) is 0 Å². The average molecular weight is 506 g/mol. The fourth-order valence-corrected chi connectivity index (χ4v) is 7.78. The lowest BCUT2D eigenvalue weighted by molar-refractivity contribution is -0.132. The summed E-state index contributed by atoms with van der Waals surface area (Å²) in [6.07, 6.45) is 6.75. The zero-order valence-electron chi connectivity index (χ0n) is 21.1. The molecular weight excluding hydrogens is 467 g/mol. The Labute approximate surface area is 214 Å². The molecule has 0 radical (unpaired) electrons. The highest BCUT2D eigenvalue weighted by molar-refractivity contribution is 6.42. The third kappa shape index (κ3) is 4.43. The van der Waals surface area contributed by atoms with E-state index in [9.17, 15) is 4.79 Å². The largest absolute Gasteiger partial charge is 0.371 e. The summed E-state index contributed by atoms with van der Waals surface area (Å²) in [7, 11) is 0. The number of anilines is 2. The molecule has 0 aromatic heterocycles. The van der Waals surface area contributed by atoms with E-state index in [0.29, 0.717) is 40.3 Å². The van der Waals surface area contributed by atoms with Crippen LogP contribution < -0.4 is 10.6 Å². The van der Waals surface area contributed by atoms with Crippen molar-refractivity contribution < 1.29 is 4.79 Å². The molecule has 0 bridgehead atoms. The van der Waals surface area contributed by atoms with Gasteiger partial charge in [0.2, 0.25) is 5.91 Å². The monoisotopic (exact) mass is 504 g/mol. The summed E-state index contributed by atoms with van der Waals surface area (Å²) in [5.41, 5.74) is 1.56. The fourth-order valence-electron chi connectivity index (χ4n) is 7.45. The highest BCUT2D eigenvalue weighted by Gasteiger charge is 2.55. The van der Waals surface area contributed by atoms with Gasteiger partial charge in [0, 0.05) is 19.0 Å². The number of hydrogen-bond donors (Lipinski definition) is 2. The third-order valence-electron chi connectivity index (χ3n) is 8.09. The van der Waals surface area contributed by atoms with E-state index in [-0.39, 0.29) is 16.5 Å². The molecule has 1 spiro atoms. The van der Waals surface area contributed by atoms with Crippen LogP contribution in [0.4, 0.5) is 11.4 Å². The second-order valence-electron chi connectivity index (χ2n) is 12.8. The van der Waals surface area contributed by atoms with Crippen LogP contribution in [0, 0.1) is 17.3 Å². The van der Waals surface area contributed by atoms with E-state index >= 15 is 0 Å². The zero-order valence-corrected chi connectivity index (χ0v) is 22.6. The first kappa shape index (κ1) is 24.2. The minimum atomic E-state index is -0.297. The molecule has 0 unspecified atom stereocenters. The molecule has 3 heterocycles. The molecule has 1 aliphatic carbocycles. The Kier molecular flexibility index (Phi) is 5.92. The van der Waals surface area contributed by atoms with Crippen LogP contribution in [0.2, 0.25) is 10.0 Å². The van der Waals surface area contributed by atoms with Crippen molar-refractivity contribution in [1.82, 2.24) is 4.90 Å². The van der Waals surface area contributed by atoms with Gasteiger partial charge in [0.25, 0.3) is 0 Å². The molecule has 1 amide bonds. The van der Waals surface area contributed by atoms with Crippen LogP contribution in [-0.4, -0.2) is 40.3 Å². The molecule has 1 saturated carbocycles.